The van der Waals surface area contributed by atoms with Gasteiger partial charge in [0.05, 0.1) is 5.56 Å². The largest absolute Gasteiger partial charge is 0.507 e. The maximum atomic E-state index is 12.8. The maximum Gasteiger partial charge on any atom is 0.255 e. The molecule has 0 bridgehead atoms. The van der Waals surface area contributed by atoms with Crippen molar-refractivity contribution in [2.75, 3.05) is 0 Å². The molecule has 1 aromatic rings. The summed E-state index contributed by atoms with van der Waals surface area (Å²) in [5.74, 6) is -0.747. The van der Waals surface area contributed by atoms with Crippen LogP contribution in [-0.2, 0) is 0 Å². The van der Waals surface area contributed by atoms with Gasteiger partial charge >= 0.3 is 0 Å². The first-order valence-corrected chi connectivity index (χ1v) is 5.71. The highest BCUT2D eigenvalue weighted by atomic mass is 19.1. The van der Waals surface area contributed by atoms with Crippen LogP contribution < -0.4 is 5.32 Å². The minimum absolute atomic E-state index is 0.111. The lowest BCUT2D eigenvalue weighted by molar-refractivity contribution is 0.0900. The number of amides is 1. The highest BCUT2D eigenvalue weighted by Gasteiger charge is 2.39. The molecule has 1 aliphatic rings. The van der Waals surface area contributed by atoms with Crippen molar-refractivity contribution in [3.05, 3.63) is 29.6 Å². The first-order valence-electron chi connectivity index (χ1n) is 5.71. The highest BCUT2D eigenvalue weighted by Crippen LogP contribution is 2.39. The van der Waals surface area contributed by atoms with Gasteiger partial charge < -0.3 is 10.4 Å². The topological polar surface area (TPSA) is 49.3 Å². The van der Waals surface area contributed by atoms with Crippen LogP contribution in [0, 0.1) is 11.7 Å². The van der Waals surface area contributed by atoms with Crippen LogP contribution in [0.15, 0.2) is 18.2 Å². The van der Waals surface area contributed by atoms with E-state index in [1.807, 2.05) is 13.8 Å². The molecule has 92 valence electrons. The lowest BCUT2D eigenvalue weighted by Gasteiger charge is -2.26. The molecule has 1 aromatic carbocycles. The summed E-state index contributed by atoms with van der Waals surface area (Å²) in [6.07, 6.45) is 2.23. The van der Waals surface area contributed by atoms with Gasteiger partial charge in [0.15, 0.2) is 0 Å². The molecular formula is C13H16FNO2. The van der Waals surface area contributed by atoms with Crippen LogP contribution in [0.4, 0.5) is 4.39 Å². The van der Waals surface area contributed by atoms with Crippen LogP contribution in [0.2, 0.25) is 0 Å². The van der Waals surface area contributed by atoms with Crippen molar-refractivity contribution in [2.45, 2.75) is 32.2 Å². The third-order valence-electron chi connectivity index (χ3n) is 3.24. The van der Waals surface area contributed by atoms with Gasteiger partial charge in [0.25, 0.3) is 5.91 Å². The number of hydrogen-bond acceptors (Lipinski definition) is 2. The van der Waals surface area contributed by atoms with Crippen molar-refractivity contribution < 1.29 is 14.3 Å². The van der Waals surface area contributed by atoms with Crippen molar-refractivity contribution in [3.8, 4) is 5.75 Å². The maximum absolute atomic E-state index is 12.8. The zero-order valence-corrected chi connectivity index (χ0v) is 9.96. The van der Waals surface area contributed by atoms with Crippen LogP contribution >= 0.6 is 0 Å². The van der Waals surface area contributed by atoms with Crippen molar-refractivity contribution in [1.82, 2.24) is 5.32 Å². The number of benzene rings is 1. The first kappa shape index (κ1) is 11.9. The number of halogens is 1. The van der Waals surface area contributed by atoms with Crippen LogP contribution in [0.1, 0.15) is 37.0 Å². The average Bonchev–Trinajstić information content (AvgIpc) is 2.98. The Kier molecular flexibility index (Phi) is 2.81. The molecule has 2 N–H and O–H groups in total. The Hall–Kier alpha value is -1.58. The van der Waals surface area contributed by atoms with E-state index in [-0.39, 0.29) is 22.8 Å². The number of hydrogen-bond donors (Lipinski definition) is 2. The number of rotatable bonds is 3. The van der Waals surface area contributed by atoms with E-state index in [4.69, 9.17) is 0 Å². The van der Waals surface area contributed by atoms with Crippen molar-refractivity contribution >= 4 is 5.91 Å². The Morgan fingerprint density at radius 2 is 2.12 bits per heavy atom. The van der Waals surface area contributed by atoms with Gasteiger partial charge in [-0.25, -0.2) is 4.39 Å². The second kappa shape index (κ2) is 4.02. The zero-order chi connectivity index (χ0) is 12.6. The van der Waals surface area contributed by atoms with Gasteiger partial charge in [-0.1, -0.05) is 0 Å². The van der Waals surface area contributed by atoms with Gasteiger partial charge in [-0.2, -0.15) is 0 Å². The standard InChI is InChI=1S/C13H16FNO2/c1-13(2,8-3-4-8)15-12(17)10-6-5-9(14)7-11(10)16/h5-8,16H,3-4H2,1-2H3,(H,15,17). The van der Waals surface area contributed by atoms with E-state index in [1.165, 1.54) is 12.1 Å². The molecule has 1 amide bonds. The van der Waals surface area contributed by atoms with Gasteiger partial charge in [0.2, 0.25) is 0 Å². The molecule has 0 unspecified atom stereocenters. The molecule has 0 saturated heterocycles. The van der Waals surface area contributed by atoms with E-state index in [9.17, 15) is 14.3 Å². The molecule has 2 rings (SSSR count). The number of phenolic OH excluding ortho intramolecular Hbond substituents is 1. The fourth-order valence-corrected chi connectivity index (χ4v) is 1.96. The molecule has 0 radical (unpaired) electrons. The second-order valence-electron chi connectivity index (χ2n) is 5.11. The predicted octanol–water partition coefficient (Wildman–Crippen LogP) is 2.45. The highest BCUT2D eigenvalue weighted by molar-refractivity contribution is 5.97. The molecular weight excluding hydrogens is 221 g/mol. The Morgan fingerprint density at radius 1 is 1.47 bits per heavy atom. The van der Waals surface area contributed by atoms with Crippen molar-refractivity contribution in [1.29, 1.82) is 0 Å². The molecule has 1 aliphatic carbocycles. The lowest BCUT2D eigenvalue weighted by atomic mass is 9.98. The molecule has 0 heterocycles. The normalized spacial score (nSPS) is 15.7. The van der Waals surface area contributed by atoms with Crippen molar-refractivity contribution in [3.63, 3.8) is 0 Å². The van der Waals surface area contributed by atoms with Crippen LogP contribution in [-0.4, -0.2) is 16.6 Å². The van der Waals surface area contributed by atoms with E-state index >= 15 is 0 Å². The summed E-state index contributed by atoms with van der Waals surface area (Å²) >= 11 is 0. The Bertz CT molecular complexity index is 453. The van der Waals surface area contributed by atoms with Crippen LogP contribution in [0.5, 0.6) is 5.75 Å². The molecule has 0 atom stereocenters. The summed E-state index contributed by atoms with van der Waals surface area (Å²) < 4.78 is 12.8. The molecule has 1 saturated carbocycles. The second-order valence-corrected chi connectivity index (χ2v) is 5.11. The SMILES string of the molecule is CC(C)(NC(=O)c1ccc(F)cc1O)C1CC1. The minimum atomic E-state index is -0.555. The molecule has 0 aliphatic heterocycles. The summed E-state index contributed by atoms with van der Waals surface area (Å²) in [5, 5.41) is 12.4. The lowest BCUT2D eigenvalue weighted by Crippen LogP contribution is -2.45. The molecule has 0 aromatic heterocycles. The first-order chi connectivity index (χ1) is 7.90. The number of aromatic hydroxyl groups is 1. The summed E-state index contributed by atoms with van der Waals surface area (Å²) in [4.78, 5) is 11.9. The fourth-order valence-electron chi connectivity index (χ4n) is 1.96. The van der Waals surface area contributed by atoms with Crippen LogP contribution in [0.3, 0.4) is 0 Å². The third-order valence-corrected chi connectivity index (χ3v) is 3.24. The predicted molar refractivity (Wildman–Crippen MR) is 62.3 cm³/mol. The van der Waals surface area contributed by atoms with E-state index in [0.29, 0.717) is 5.92 Å². The summed E-state index contributed by atoms with van der Waals surface area (Å²) in [7, 11) is 0. The number of nitrogens with one attached hydrogen (secondary N) is 1. The monoisotopic (exact) mass is 237 g/mol. The fraction of sp³-hybridized carbons (Fsp3) is 0.462. The smallest absolute Gasteiger partial charge is 0.255 e. The summed E-state index contributed by atoms with van der Waals surface area (Å²) in [5.41, 5.74) is -0.169. The van der Waals surface area contributed by atoms with Gasteiger partial charge in [0.1, 0.15) is 11.6 Å². The van der Waals surface area contributed by atoms with Gasteiger partial charge in [-0.3, -0.25) is 4.79 Å². The third kappa shape index (κ3) is 2.57. The molecule has 1 fully saturated rings. The number of carbonyl (C=O) groups is 1. The van der Waals surface area contributed by atoms with E-state index < -0.39 is 5.82 Å². The summed E-state index contributed by atoms with van der Waals surface area (Å²) in [6, 6.07) is 3.40. The molecule has 17 heavy (non-hydrogen) atoms. The van der Waals surface area contributed by atoms with E-state index in [2.05, 4.69) is 5.32 Å². The Balaban J connectivity index is 2.14. The van der Waals surface area contributed by atoms with Gasteiger partial charge in [0, 0.05) is 11.6 Å². The van der Waals surface area contributed by atoms with Crippen LogP contribution in [0.25, 0.3) is 0 Å². The number of phenols is 1. The molecule has 0 spiro atoms. The average molecular weight is 237 g/mol. The van der Waals surface area contributed by atoms with Crippen molar-refractivity contribution in [2.24, 2.45) is 5.92 Å². The quantitative estimate of drug-likeness (QED) is 0.848. The van der Waals surface area contributed by atoms with E-state index in [0.717, 1.165) is 18.9 Å². The van der Waals surface area contributed by atoms with Gasteiger partial charge in [-0.05, 0) is 44.7 Å². The number of carbonyl (C=O) groups excluding carboxylic acids is 1. The molecule has 4 heteroatoms. The Labute approximate surface area is 99.7 Å². The van der Waals surface area contributed by atoms with E-state index in [1.54, 1.807) is 0 Å². The Morgan fingerprint density at radius 3 is 2.65 bits per heavy atom. The minimum Gasteiger partial charge on any atom is -0.507 e. The zero-order valence-electron chi connectivity index (χ0n) is 9.96. The van der Waals surface area contributed by atoms with Gasteiger partial charge in [-0.15, -0.1) is 0 Å². The molecule has 3 nitrogen and oxygen atoms in total. The summed E-state index contributed by atoms with van der Waals surface area (Å²) in [6.45, 7) is 3.92.